The topological polar surface area (TPSA) is 15.3 Å². The zero-order chi connectivity index (χ0) is 54.7. The van der Waals surface area contributed by atoms with E-state index in [9.17, 15) is 0 Å². The van der Waals surface area contributed by atoms with E-state index in [1.165, 1.54) is 140 Å². The van der Waals surface area contributed by atoms with Crippen molar-refractivity contribution >= 4 is 148 Å². The molecule has 6 heteroatoms. The summed E-state index contributed by atoms with van der Waals surface area (Å²) in [6, 6.07) is 97.5. The molecule has 2 unspecified atom stereocenters. The van der Waals surface area contributed by atoms with Gasteiger partial charge in [-0.3, -0.25) is 0 Å². The van der Waals surface area contributed by atoms with Gasteiger partial charge in [0, 0.05) is 97.8 Å². The Kier molecular flexibility index (Phi) is 9.80. The number of hydrogen-bond donors (Lipinski definition) is 0. The van der Waals surface area contributed by atoms with Crippen molar-refractivity contribution in [2.75, 3.05) is 9.80 Å². The minimum absolute atomic E-state index is 0.272. The number of aromatic nitrogens is 2. The molecule has 4 nitrogen and oxygen atoms in total. The van der Waals surface area contributed by atoms with E-state index in [0.717, 1.165) is 22.7 Å². The zero-order valence-corrected chi connectivity index (χ0v) is 47.0. The van der Waals surface area contributed by atoms with E-state index in [0.29, 0.717) is 5.92 Å². The third-order valence-electron chi connectivity index (χ3n) is 18.3. The van der Waals surface area contributed by atoms with Crippen molar-refractivity contribution in [3.05, 3.63) is 290 Å². The van der Waals surface area contributed by atoms with E-state index >= 15 is 0 Å². The van der Waals surface area contributed by atoms with Crippen LogP contribution in [0.3, 0.4) is 0 Å². The van der Waals surface area contributed by atoms with E-state index < -0.39 is 0 Å². The fourth-order valence-electron chi connectivity index (χ4n) is 14.6. The largest absolute Gasteiger partial charge is 0.313 e. The minimum atomic E-state index is 0.272. The molecule has 0 fully saturated rings. The number of para-hydroxylation sites is 4. The van der Waals surface area contributed by atoms with Gasteiger partial charge in [-0.1, -0.05) is 182 Å². The molecule has 0 spiro atoms. The van der Waals surface area contributed by atoms with Crippen LogP contribution in [0.5, 0.6) is 0 Å². The van der Waals surface area contributed by atoms with Gasteiger partial charge in [-0.05, 0) is 125 Å². The number of anilines is 5. The van der Waals surface area contributed by atoms with Gasteiger partial charge in [-0.2, -0.15) is 0 Å². The second-order valence-electron chi connectivity index (χ2n) is 22.7. The molecule has 17 aromatic rings. The summed E-state index contributed by atoms with van der Waals surface area (Å²) in [6.07, 6.45) is 6.98. The predicted octanol–water partition coefficient (Wildman–Crippen LogP) is 22.0. The Hall–Kier alpha value is -10.1. The van der Waals surface area contributed by atoms with Crippen molar-refractivity contribution in [3.63, 3.8) is 0 Å². The molecular formula is C78H48N4S2. The van der Waals surface area contributed by atoms with Gasteiger partial charge in [0.25, 0.3) is 0 Å². The summed E-state index contributed by atoms with van der Waals surface area (Å²) in [7, 11) is 0. The van der Waals surface area contributed by atoms with Gasteiger partial charge >= 0.3 is 0 Å². The summed E-state index contributed by atoms with van der Waals surface area (Å²) in [5, 5.41) is 13.0. The summed E-state index contributed by atoms with van der Waals surface area (Å²) < 4.78 is 7.70. The van der Waals surface area contributed by atoms with Crippen molar-refractivity contribution in [3.8, 4) is 22.3 Å². The number of allylic oxidation sites excluding steroid dienone is 3. The summed E-state index contributed by atoms with van der Waals surface area (Å²) in [4.78, 5) is 6.30. The first-order chi connectivity index (χ1) is 41.7. The molecule has 0 radical (unpaired) electrons. The second-order valence-corrected chi connectivity index (χ2v) is 24.9. The number of hydrogen-bond acceptors (Lipinski definition) is 4. The van der Waals surface area contributed by atoms with Gasteiger partial charge in [-0.25, -0.2) is 0 Å². The number of nitrogens with zero attached hydrogens (tertiary/aromatic N) is 4. The monoisotopic (exact) mass is 1100 g/mol. The molecule has 1 aliphatic heterocycles. The average Bonchev–Trinajstić information content (AvgIpc) is 2.46. The zero-order valence-electron chi connectivity index (χ0n) is 45.3. The highest BCUT2D eigenvalue weighted by atomic mass is 32.2. The van der Waals surface area contributed by atoms with Crippen LogP contribution in [-0.4, -0.2) is 14.1 Å². The number of benzene rings is 12. The maximum absolute atomic E-state index is 2.56. The smallest absolute Gasteiger partial charge is 0.0640 e. The van der Waals surface area contributed by atoms with Crippen molar-refractivity contribution in [1.82, 2.24) is 8.80 Å². The molecule has 0 bridgehead atoms. The Bertz CT molecular complexity index is 5630. The lowest BCUT2D eigenvalue weighted by atomic mass is 9.90. The van der Waals surface area contributed by atoms with Crippen LogP contribution in [0.1, 0.15) is 11.5 Å². The highest BCUT2D eigenvalue weighted by Crippen LogP contribution is 2.54. The standard InChI is InChI=1S/C78H48N4S2/c1-3-19-51(20-4-1)79(67-33-15-31-63-57-25-7-9-35-73(57)83-77(63)67)53-23-11-17-47(41-53)49-37-39-55-59-27-13-29-61-65-46-72-66(45-71(65)81(75(59)61)69(55)43-49)62-30-14-28-60-56-40-38-50(44-70(56)82(72)76(60)62)48-18-12-24-54(42-48)80(52-21-5-2-6-22-52)68-34-16-32-64-58-26-8-10-36-74(58)84-78(64)68/h1-46,63,77H. The molecule has 5 aromatic heterocycles. The summed E-state index contributed by atoms with van der Waals surface area (Å²) in [5.74, 6) is 0.325. The third-order valence-corrected chi connectivity index (χ3v) is 20.9. The number of fused-ring (bicyclic) bond motifs is 18. The van der Waals surface area contributed by atoms with Crippen LogP contribution in [0.25, 0.3) is 119 Å². The molecule has 2 atom stereocenters. The fourth-order valence-corrected chi connectivity index (χ4v) is 17.3. The van der Waals surface area contributed by atoms with E-state index in [1.807, 2.05) is 23.1 Å². The molecular weight excluding hydrogens is 1060 g/mol. The van der Waals surface area contributed by atoms with Gasteiger partial charge in [-0.15, -0.1) is 23.1 Å². The van der Waals surface area contributed by atoms with Crippen LogP contribution >= 0.6 is 23.1 Å². The van der Waals surface area contributed by atoms with Crippen LogP contribution in [0.4, 0.5) is 28.4 Å². The van der Waals surface area contributed by atoms with E-state index in [1.54, 1.807) is 0 Å². The Morgan fingerprint density at radius 3 is 1.49 bits per heavy atom. The summed E-state index contributed by atoms with van der Waals surface area (Å²) in [6.45, 7) is 0. The van der Waals surface area contributed by atoms with Crippen LogP contribution in [-0.2, 0) is 0 Å². The maximum Gasteiger partial charge on any atom is 0.0640 e. The first-order valence-electron chi connectivity index (χ1n) is 29.0. The van der Waals surface area contributed by atoms with Crippen molar-refractivity contribution in [2.24, 2.45) is 0 Å². The van der Waals surface area contributed by atoms with Crippen molar-refractivity contribution < 1.29 is 0 Å². The minimum Gasteiger partial charge on any atom is -0.313 e. The van der Waals surface area contributed by atoms with Gasteiger partial charge in [0.2, 0.25) is 0 Å². The molecule has 12 aromatic carbocycles. The lowest BCUT2D eigenvalue weighted by Gasteiger charge is -2.34. The molecule has 392 valence electrons. The Morgan fingerprint density at radius 1 is 0.345 bits per heavy atom. The van der Waals surface area contributed by atoms with E-state index in [4.69, 9.17) is 0 Å². The summed E-state index contributed by atoms with van der Waals surface area (Å²) in [5.41, 5.74) is 20.7. The Balaban J connectivity index is 0.748. The first-order valence-corrected chi connectivity index (χ1v) is 30.7. The van der Waals surface area contributed by atoms with E-state index in [-0.39, 0.29) is 5.25 Å². The molecule has 84 heavy (non-hydrogen) atoms. The van der Waals surface area contributed by atoms with Crippen LogP contribution < -0.4 is 9.80 Å². The third kappa shape index (κ3) is 6.60. The van der Waals surface area contributed by atoms with Crippen LogP contribution in [0.15, 0.2) is 290 Å². The van der Waals surface area contributed by atoms with Gasteiger partial charge in [0.05, 0.1) is 48.7 Å². The first kappa shape index (κ1) is 46.5. The highest BCUT2D eigenvalue weighted by molar-refractivity contribution is 8.00. The lowest BCUT2D eigenvalue weighted by molar-refractivity contribution is 0.823. The Labute approximate surface area is 492 Å². The molecule has 19 rings (SSSR count). The number of thiophene rings is 1. The maximum atomic E-state index is 2.56. The summed E-state index contributed by atoms with van der Waals surface area (Å²) >= 11 is 3.86. The normalized spacial score (nSPS) is 15.1. The molecule has 1 aliphatic carbocycles. The lowest BCUT2D eigenvalue weighted by Crippen LogP contribution is -2.27. The van der Waals surface area contributed by atoms with Gasteiger partial charge < -0.3 is 18.6 Å². The number of rotatable bonds is 8. The molecule has 0 saturated heterocycles. The predicted molar refractivity (Wildman–Crippen MR) is 359 cm³/mol. The van der Waals surface area contributed by atoms with Crippen molar-refractivity contribution in [1.29, 1.82) is 0 Å². The molecule has 0 saturated carbocycles. The quantitative estimate of drug-likeness (QED) is 0.151. The number of thioether (sulfide) groups is 1. The fraction of sp³-hybridized carbons (Fsp3) is 0.0256. The SMILES string of the molecule is C1=CC2c3ccccc3SC2C(N(c2ccccc2)c2cccc(-c3ccc4c5cccc6c7cc8c(cc7n(c4c3)c56)c3cccc4c5ccc(-c6cccc(N(c7ccccc7)c7cccc9c7sc7ccccc79)c6)cc5n8c43)c2)=C1. The highest BCUT2D eigenvalue weighted by Gasteiger charge is 2.38. The van der Waals surface area contributed by atoms with E-state index in [2.05, 4.69) is 298 Å². The molecule has 6 heterocycles. The van der Waals surface area contributed by atoms with Crippen LogP contribution in [0, 0.1) is 0 Å². The van der Waals surface area contributed by atoms with Gasteiger partial charge in [0.15, 0.2) is 0 Å². The van der Waals surface area contributed by atoms with Gasteiger partial charge in [0.1, 0.15) is 0 Å². The average molecular weight is 1110 g/mol. The second kappa shape index (κ2) is 17.7. The molecule has 0 amide bonds. The van der Waals surface area contributed by atoms with Crippen molar-refractivity contribution in [2.45, 2.75) is 16.1 Å². The molecule has 2 aliphatic rings. The van der Waals surface area contributed by atoms with Crippen LogP contribution in [0.2, 0.25) is 0 Å². The molecule has 0 N–H and O–H groups in total. The Morgan fingerprint density at radius 2 is 0.833 bits per heavy atom.